The number of aromatic nitrogens is 2. The first-order chi connectivity index (χ1) is 7.52. The van der Waals surface area contributed by atoms with Gasteiger partial charge >= 0.3 is 0 Å². The Morgan fingerprint density at radius 3 is 2.94 bits per heavy atom. The Morgan fingerprint density at radius 2 is 2.31 bits per heavy atom. The van der Waals surface area contributed by atoms with Gasteiger partial charge in [-0.1, -0.05) is 17.7 Å². The van der Waals surface area contributed by atoms with Gasteiger partial charge in [-0.05, 0) is 31.3 Å². The molecule has 1 unspecified atom stereocenters. The molecule has 84 valence electrons. The lowest BCUT2D eigenvalue weighted by Gasteiger charge is -2.10. The summed E-state index contributed by atoms with van der Waals surface area (Å²) < 4.78 is 2.10. The highest BCUT2D eigenvalue weighted by Crippen LogP contribution is 2.24. The van der Waals surface area contributed by atoms with Crippen molar-refractivity contribution in [1.29, 1.82) is 0 Å². The molecule has 0 aliphatic carbocycles. The van der Waals surface area contributed by atoms with Gasteiger partial charge in [0.15, 0.2) is 4.77 Å². The lowest BCUT2D eigenvalue weighted by atomic mass is 10.2. The molecule has 0 spiro atoms. The third kappa shape index (κ3) is 1.62. The fourth-order valence-corrected chi connectivity index (χ4v) is 2.20. The van der Waals surface area contributed by atoms with Crippen LogP contribution in [0.25, 0.3) is 11.0 Å². The third-order valence-corrected chi connectivity index (χ3v) is 3.11. The number of fused-ring (bicyclic) bond motifs is 1. The molecule has 1 amide bonds. The summed E-state index contributed by atoms with van der Waals surface area (Å²) in [6.07, 6.45) is 0. The first kappa shape index (κ1) is 11.2. The second-order valence-corrected chi connectivity index (χ2v) is 4.31. The zero-order chi connectivity index (χ0) is 11.9. The summed E-state index contributed by atoms with van der Waals surface area (Å²) in [7, 11) is 0. The van der Waals surface area contributed by atoms with Crippen LogP contribution in [-0.4, -0.2) is 15.5 Å². The lowest BCUT2D eigenvalue weighted by molar-refractivity contribution is -0.120. The number of rotatable bonds is 2. The van der Waals surface area contributed by atoms with Crippen LogP contribution in [-0.2, 0) is 4.79 Å². The molecule has 16 heavy (non-hydrogen) atoms. The standard InChI is InChI=1S/C10H10ClN3OS/c1-5(9(12)15)14-7-4-2-3-6(11)8(7)13-10(14)16/h2-5H,1H3,(H2,12,15)(H,13,16). The summed E-state index contributed by atoms with van der Waals surface area (Å²) in [6, 6.07) is 4.90. The van der Waals surface area contributed by atoms with Gasteiger partial charge in [0.1, 0.15) is 6.04 Å². The van der Waals surface area contributed by atoms with Crippen molar-refractivity contribution >= 4 is 40.8 Å². The van der Waals surface area contributed by atoms with Crippen LogP contribution in [0.4, 0.5) is 0 Å². The maximum absolute atomic E-state index is 11.2. The highest BCUT2D eigenvalue weighted by atomic mass is 35.5. The summed E-state index contributed by atoms with van der Waals surface area (Å²) in [5.74, 6) is -0.433. The number of benzene rings is 1. The molecule has 0 bridgehead atoms. The van der Waals surface area contributed by atoms with E-state index in [0.717, 1.165) is 11.0 Å². The van der Waals surface area contributed by atoms with E-state index in [4.69, 9.17) is 29.6 Å². The molecule has 1 aromatic carbocycles. The van der Waals surface area contributed by atoms with Gasteiger partial charge < -0.3 is 15.3 Å². The van der Waals surface area contributed by atoms with Crippen LogP contribution < -0.4 is 5.73 Å². The van der Waals surface area contributed by atoms with Crippen LogP contribution in [0, 0.1) is 4.77 Å². The number of nitrogens with two attached hydrogens (primary N) is 1. The fourth-order valence-electron chi connectivity index (χ4n) is 1.63. The molecule has 3 N–H and O–H groups in total. The van der Waals surface area contributed by atoms with Crippen LogP contribution in [0.1, 0.15) is 13.0 Å². The summed E-state index contributed by atoms with van der Waals surface area (Å²) in [4.78, 5) is 14.2. The van der Waals surface area contributed by atoms with Crippen molar-refractivity contribution in [3.8, 4) is 0 Å². The molecule has 1 heterocycles. The number of nitrogens with zero attached hydrogens (tertiary/aromatic N) is 1. The van der Waals surface area contributed by atoms with Crippen LogP contribution in [0.3, 0.4) is 0 Å². The highest BCUT2D eigenvalue weighted by Gasteiger charge is 2.16. The Hall–Kier alpha value is -1.33. The minimum absolute atomic E-state index is 0.433. The summed E-state index contributed by atoms with van der Waals surface area (Å²) >= 11 is 11.2. The Bertz CT molecular complexity index is 616. The maximum atomic E-state index is 11.2. The topological polar surface area (TPSA) is 63.8 Å². The number of primary amides is 1. The van der Waals surface area contributed by atoms with E-state index >= 15 is 0 Å². The van der Waals surface area contributed by atoms with Gasteiger partial charge in [0.2, 0.25) is 5.91 Å². The number of nitrogens with one attached hydrogen (secondary N) is 1. The zero-order valence-electron chi connectivity index (χ0n) is 8.53. The smallest absolute Gasteiger partial charge is 0.240 e. The van der Waals surface area contributed by atoms with Crippen molar-refractivity contribution in [2.24, 2.45) is 5.73 Å². The molecule has 6 heteroatoms. The van der Waals surface area contributed by atoms with Crippen molar-refractivity contribution in [3.05, 3.63) is 28.0 Å². The van der Waals surface area contributed by atoms with Gasteiger partial charge in [-0.2, -0.15) is 0 Å². The number of hydrogen-bond acceptors (Lipinski definition) is 2. The Balaban J connectivity index is 2.80. The van der Waals surface area contributed by atoms with Gasteiger partial charge in [0, 0.05) is 0 Å². The van der Waals surface area contributed by atoms with E-state index in [0.29, 0.717) is 9.79 Å². The molecule has 0 radical (unpaired) electrons. The zero-order valence-corrected chi connectivity index (χ0v) is 10.1. The van der Waals surface area contributed by atoms with Crippen LogP contribution in [0.15, 0.2) is 18.2 Å². The molecule has 0 fully saturated rings. The normalized spacial score (nSPS) is 12.9. The van der Waals surface area contributed by atoms with E-state index in [1.54, 1.807) is 23.6 Å². The maximum Gasteiger partial charge on any atom is 0.240 e. The first-order valence-corrected chi connectivity index (χ1v) is 5.49. The van der Waals surface area contributed by atoms with Gasteiger partial charge in [0.05, 0.1) is 16.1 Å². The van der Waals surface area contributed by atoms with Crippen molar-refractivity contribution in [1.82, 2.24) is 9.55 Å². The van der Waals surface area contributed by atoms with Crippen LogP contribution >= 0.6 is 23.8 Å². The van der Waals surface area contributed by atoms with Crippen LogP contribution in [0.5, 0.6) is 0 Å². The van der Waals surface area contributed by atoms with E-state index < -0.39 is 11.9 Å². The van der Waals surface area contributed by atoms with Gasteiger partial charge in [0.25, 0.3) is 0 Å². The molecule has 0 aliphatic heterocycles. The fraction of sp³-hybridized carbons (Fsp3) is 0.200. The van der Waals surface area contributed by atoms with Gasteiger partial charge in [-0.25, -0.2) is 0 Å². The number of carbonyl (C=O) groups is 1. The largest absolute Gasteiger partial charge is 0.368 e. The number of amides is 1. The van der Waals surface area contributed by atoms with E-state index in [9.17, 15) is 4.79 Å². The Kier molecular flexibility index (Phi) is 2.73. The van der Waals surface area contributed by atoms with Crippen molar-refractivity contribution in [2.45, 2.75) is 13.0 Å². The van der Waals surface area contributed by atoms with E-state index in [-0.39, 0.29) is 0 Å². The van der Waals surface area contributed by atoms with Crippen molar-refractivity contribution in [2.75, 3.05) is 0 Å². The molecule has 0 aliphatic rings. The minimum atomic E-state index is -0.500. The molecule has 4 nitrogen and oxygen atoms in total. The Labute approximate surface area is 102 Å². The molecule has 0 saturated carbocycles. The number of hydrogen-bond donors (Lipinski definition) is 2. The highest BCUT2D eigenvalue weighted by molar-refractivity contribution is 7.71. The SMILES string of the molecule is CC(C(N)=O)n1c(=S)[nH]c2c(Cl)cccc21. The number of imidazole rings is 1. The monoisotopic (exact) mass is 255 g/mol. The predicted molar refractivity (Wildman–Crippen MR) is 66.0 cm³/mol. The van der Waals surface area contributed by atoms with E-state index in [1.165, 1.54) is 0 Å². The molecule has 1 atom stereocenters. The van der Waals surface area contributed by atoms with E-state index in [2.05, 4.69) is 4.98 Å². The van der Waals surface area contributed by atoms with E-state index in [1.807, 2.05) is 6.07 Å². The van der Waals surface area contributed by atoms with Crippen LogP contribution in [0.2, 0.25) is 5.02 Å². The molecule has 2 aromatic rings. The van der Waals surface area contributed by atoms with Gasteiger partial charge in [-0.15, -0.1) is 0 Å². The summed E-state index contributed by atoms with van der Waals surface area (Å²) in [6.45, 7) is 1.70. The summed E-state index contributed by atoms with van der Waals surface area (Å²) in [5.41, 5.74) is 6.78. The number of halogens is 1. The quantitative estimate of drug-likeness (QED) is 0.810. The predicted octanol–water partition coefficient (Wildman–Crippen LogP) is 2.40. The average molecular weight is 256 g/mol. The summed E-state index contributed by atoms with van der Waals surface area (Å²) in [5, 5.41) is 0.569. The second kappa shape index (κ2) is 3.92. The minimum Gasteiger partial charge on any atom is -0.368 e. The number of H-pyrrole nitrogens is 1. The molecular weight excluding hydrogens is 246 g/mol. The number of para-hydroxylation sites is 1. The third-order valence-electron chi connectivity index (χ3n) is 2.50. The molecular formula is C10H10ClN3OS. The molecule has 1 aromatic heterocycles. The Morgan fingerprint density at radius 1 is 1.62 bits per heavy atom. The first-order valence-electron chi connectivity index (χ1n) is 4.70. The number of carbonyl (C=O) groups excluding carboxylic acids is 1. The van der Waals surface area contributed by atoms with Crippen molar-refractivity contribution < 1.29 is 4.79 Å². The number of aromatic amines is 1. The molecule has 2 rings (SSSR count). The van der Waals surface area contributed by atoms with Gasteiger partial charge in [-0.3, -0.25) is 4.79 Å². The average Bonchev–Trinajstić information content (AvgIpc) is 2.55. The molecule has 0 saturated heterocycles. The lowest BCUT2D eigenvalue weighted by Crippen LogP contribution is -2.23. The van der Waals surface area contributed by atoms with Crippen molar-refractivity contribution in [3.63, 3.8) is 0 Å². The second-order valence-electron chi connectivity index (χ2n) is 3.51.